The van der Waals surface area contributed by atoms with Gasteiger partial charge in [0, 0.05) is 23.1 Å². The maximum atomic E-state index is 12.0. The predicted molar refractivity (Wildman–Crippen MR) is 98.4 cm³/mol. The highest BCUT2D eigenvalue weighted by Gasteiger charge is 2.13. The molecule has 2 aromatic rings. The largest absolute Gasteiger partial charge is 0.325 e. The highest BCUT2D eigenvalue weighted by atomic mass is 32.2. The Kier molecular flexibility index (Phi) is 6.37. The molecule has 1 amide bonds. The molecule has 0 saturated carbocycles. The van der Waals surface area contributed by atoms with Gasteiger partial charge >= 0.3 is 0 Å². The molecule has 0 aliphatic heterocycles. The van der Waals surface area contributed by atoms with Crippen LogP contribution in [0.2, 0.25) is 0 Å². The molecule has 0 bridgehead atoms. The lowest BCUT2D eigenvalue weighted by Crippen LogP contribution is -2.14. The minimum atomic E-state index is -0.409. The van der Waals surface area contributed by atoms with Gasteiger partial charge in [-0.3, -0.25) is 14.9 Å². The summed E-state index contributed by atoms with van der Waals surface area (Å²) in [5, 5.41) is 13.7. The fourth-order valence-corrected chi connectivity index (χ4v) is 3.02. The fourth-order valence-electron chi connectivity index (χ4n) is 2.21. The number of thioether (sulfide) groups is 1. The van der Waals surface area contributed by atoms with Crippen LogP contribution in [0.3, 0.4) is 0 Å². The van der Waals surface area contributed by atoms with Crippen LogP contribution in [0.4, 0.5) is 11.4 Å². The number of non-ortho nitro benzene ring substituents is 1. The van der Waals surface area contributed by atoms with Gasteiger partial charge in [-0.2, -0.15) is 0 Å². The van der Waals surface area contributed by atoms with Crippen molar-refractivity contribution in [2.24, 2.45) is 0 Å². The smallest absolute Gasteiger partial charge is 0.269 e. The van der Waals surface area contributed by atoms with Crippen molar-refractivity contribution >= 4 is 29.0 Å². The molecule has 0 radical (unpaired) electrons. The van der Waals surface area contributed by atoms with E-state index in [2.05, 4.69) is 12.2 Å². The predicted octanol–water partition coefficient (Wildman–Crippen LogP) is 4.59. The third kappa shape index (κ3) is 5.09. The van der Waals surface area contributed by atoms with Crippen molar-refractivity contribution in [1.82, 2.24) is 0 Å². The number of carbonyl (C=O) groups excluding carboxylic acids is 1. The van der Waals surface area contributed by atoms with Crippen LogP contribution in [0.5, 0.6) is 0 Å². The molecule has 0 heterocycles. The summed E-state index contributed by atoms with van der Waals surface area (Å²) in [6.07, 6.45) is 0.963. The van der Waals surface area contributed by atoms with Crippen molar-refractivity contribution in [1.29, 1.82) is 0 Å². The average molecular weight is 344 g/mol. The van der Waals surface area contributed by atoms with E-state index in [-0.39, 0.29) is 16.8 Å². The Morgan fingerprint density at radius 2 is 1.96 bits per heavy atom. The molecule has 2 rings (SSSR count). The third-order valence-corrected chi connectivity index (χ3v) is 4.86. The zero-order valence-electron chi connectivity index (χ0n) is 13.7. The van der Waals surface area contributed by atoms with Crippen LogP contribution in [0.25, 0.3) is 0 Å². The number of nitro benzene ring substituents is 1. The van der Waals surface area contributed by atoms with Crippen LogP contribution in [-0.4, -0.2) is 16.6 Å². The molecule has 0 fully saturated rings. The molecule has 0 aliphatic rings. The van der Waals surface area contributed by atoms with Crippen LogP contribution in [0, 0.1) is 10.1 Å². The van der Waals surface area contributed by atoms with Gasteiger partial charge in [0.2, 0.25) is 5.91 Å². The summed E-state index contributed by atoms with van der Waals surface area (Å²) >= 11 is 1.45. The maximum Gasteiger partial charge on any atom is 0.269 e. The number of aryl methyl sites for hydroxylation is 1. The van der Waals surface area contributed by atoms with Gasteiger partial charge in [0.15, 0.2) is 0 Å². The molecule has 0 spiro atoms. The second-order valence-corrected chi connectivity index (χ2v) is 6.73. The first-order chi connectivity index (χ1) is 11.5. The third-order valence-electron chi connectivity index (χ3n) is 3.66. The van der Waals surface area contributed by atoms with Crippen LogP contribution in [0.15, 0.2) is 48.5 Å². The molecule has 126 valence electrons. The number of hydrogen-bond donors (Lipinski definition) is 1. The van der Waals surface area contributed by atoms with Crippen LogP contribution in [0.1, 0.15) is 30.2 Å². The number of carbonyl (C=O) groups is 1. The standard InChI is InChI=1S/C18H20N2O3S/c1-3-14-7-9-16(10-8-14)19-18(21)12-24-13(2)15-5-4-6-17(11-15)20(22)23/h4-11,13H,3,12H2,1-2H3,(H,19,21)/t13-/m1/s1. The van der Waals surface area contributed by atoms with Gasteiger partial charge in [0.25, 0.3) is 5.69 Å². The zero-order chi connectivity index (χ0) is 17.5. The minimum absolute atomic E-state index is 0.00174. The molecule has 24 heavy (non-hydrogen) atoms. The van der Waals surface area contributed by atoms with Crippen LogP contribution < -0.4 is 5.32 Å². The van der Waals surface area contributed by atoms with Crippen molar-refractivity contribution in [2.75, 3.05) is 11.1 Å². The lowest BCUT2D eigenvalue weighted by Gasteiger charge is -2.12. The second-order valence-electron chi connectivity index (χ2n) is 5.40. The number of nitrogens with one attached hydrogen (secondary N) is 1. The number of nitro groups is 1. The highest BCUT2D eigenvalue weighted by molar-refractivity contribution is 8.00. The summed E-state index contributed by atoms with van der Waals surface area (Å²) in [5.41, 5.74) is 2.91. The Labute approximate surface area is 145 Å². The van der Waals surface area contributed by atoms with Crippen molar-refractivity contribution < 1.29 is 9.72 Å². The van der Waals surface area contributed by atoms with E-state index in [0.29, 0.717) is 5.75 Å². The van der Waals surface area contributed by atoms with Gasteiger partial charge in [0.1, 0.15) is 0 Å². The lowest BCUT2D eigenvalue weighted by atomic mass is 10.1. The molecule has 5 nitrogen and oxygen atoms in total. The highest BCUT2D eigenvalue weighted by Crippen LogP contribution is 2.30. The summed E-state index contributed by atoms with van der Waals surface area (Å²) in [4.78, 5) is 22.5. The number of anilines is 1. The van der Waals surface area contributed by atoms with Crippen molar-refractivity contribution in [3.63, 3.8) is 0 Å². The topological polar surface area (TPSA) is 72.2 Å². The molecule has 6 heteroatoms. The molecule has 0 aliphatic carbocycles. The Balaban J connectivity index is 1.88. The van der Waals surface area contributed by atoms with Crippen molar-refractivity contribution in [3.8, 4) is 0 Å². The first-order valence-corrected chi connectivity index (χ1v) is 8.79. The van der Waals surface area contributed by atoms with Crippen LogP contribution >= 0.6 is 11.8 Å². The zero-order valence-corrected chi connectivity index (χ0v) is 14.5. The first kappa shape index (κ1) is 18.0. The Hall–Kier alpha value is -2.34. The molecule has 0 aromatic heterocycles. The quantitative estimate of drug-likeness (QED) is 0.589. The van der Waals surface area contributed by atoms with Gasteiger partial charge in [-0.25, -0.2) is 0 Å². The van der Waals surface area contributed by atoms with E-state index in [4.69, 9.17) is 0 Å². The molecule has 0 unspecified atom stereocenters. The Morgan fingerprint density at radius 3 is 2.58 bits per heavy atom. The summed E-state index contributed by atoms with van der Waals surface area (Å²) < 4.78 is 0. The summed E-state index contributed by atoms with van der Waals surface area (Å²) in [7, 11) is 0. The van der Waals surface area contributed by atoms with E-state index in [1.54, 1.807) is 12.1 Å². The lowest BCUT2D eigenvalue weighted by molar-refractivity contribution is -0.384. The Bertz CT molecular complexity index is 716. The van der Waals surface area contributed by atoms with Gasteiger partial charge in [-0.05, 0) is 36.6 Å². The molecule has 1 atom stereocenters. The first-order valence-electron chi connectivity index (χ1n) is 7.74. The second kappa shape index (κ2) is 8.49. The maximum absolute atomic E-state index is 12.0. The normalized spacial score (nSPS) is 11.8. The van der Waals surface area contributed by atoms with Gasteiger partial charge in [0.05, 0.1) is 10.7 Å². The summed E-state index contributed by atoms with van der Waals surface area (Å²) in [6, 6.07) is 14.3. The number of rotatable bonds is 7. The van der Waals surface area contributed by atoms with Gasteiger partial charge in [-0.15, -0.1) is 11.8 Å². The van der Waals surface area contributed by atoms with Crippen molar-refractivity contribution in [3.05, 3.63) is 69.8 Å². The molecule has 2 aromatic carbocycles. The van der Waals surface area contributed by atoms with Gasteiger partial charge in [-0.1, -0.05) is 31.2 Å². The van der Waals surface area contributed by atoms with E-state index in [1.807, 2.05) is 37.3 Å². The van der Waals surface area contributed by atoms with E-state index in [1.165, 1.54) is 23.4 Å². The molecule has 0 saturated heterocycles. The summed E-state index contributed by atoms with van der Waals surface area (Å²) in [5.74, 6) is 0.209. The molecular formula is C18H20N2O3S. The number of nitrogens with zero attached hydrogens (tertiary/aromatic N) is 1. The number of hydrogen-bond acceptors (Lipinski definition) is 4. The minimum Gasteiger partial charge on any atom is -0.325 e. The monoisotopic (exact) mass is 344 g/mol. The molecular weight excluding hydrogens is 324 g/mol. The van der Waals surface area contributed by atoms with E-state index in [0.717, 1.165) is 17.7 Å². The fraction of sp³-hybridized carbons (Fsp3) is 0.278. The number of benzene rings is 2. The van der Waals surface area contributed by atoms with E-state index in [9.17, 15) is 14.9 Å². The van der Waals surface area contributed by atoms with Crippen LogP contribution in [-0.2, 0) is 11.2 Å². The average Bonchev–Trinajstić information content (AvgIpc) is 2.60. The molecule has 1 N–H and O–H groups in total. The summed E-state index contributed by atoms with van der Waals surface area (Å²) in [6.45, 7) is 4.02. The van der Waals surface area contributed by atoms with E-state index < -0.39 is 4.92 Å². The van der Waals surface area contributed by atoms with E-state index >= 15 is 0 Å². The van der Waals surface area contributed by atoms with Gasteiger partial charge < -0.3 is 5.32 Å². The van der Waals surface area contributed by atoms with Crippen molar-refractivity contribution in [2.45, 2.75) is 25.5 Å². The Morgan fingerprint density at radius 1 is 1.25 bits per heavy atom. The SMILES string of the molecule is CCc1ccc(NC(=O)CS[C@H](C)c2cccc([N+](=O)[O-])c2)cc1. The number of amides is 1.